The van der Waals surface area contributed by atoms with Crippen molar-refractivity contribution in [3.63, 3.8) is 0 Å². The molecule has 0 spiro atoms. The summed E-state index contributed by atoms with van der Waals surface area (Å²) >= 11 is 6.09. The third kappa shape index (κ3) is 4.02. The molecule has 0 heterocycles. The van der Waals surface area contributed by atoms with Crippen molar-refractivity contribution < 1.29 is 19.8 Å². The molecule has 1 saturated carbocycles. The van der Waals surface area contributed by atoms with Gasteiger partial charge >= 0.3 is 0 Å². The Labute approximate surface area is 171 Å². The first-order chi connectivity index (χ1) is 13.0. The Hall–Kier alpha value is -2.07. The van der Waals surface area contributed by atoms with E-state index in [1.165, 1.54) is 0 Å². The maximum atomic E-state index is 12.2. The first kappa shape index (κ1) is 22.2. The standard InChI is InChI=1S/C23H29ClO4/c1-13(10-11-23(5)14(2)7-9-19(26)16(23)4)6-8-17-21(27)18(12-25)15(3)20(24)22(17)28/h6,10-12,14,16,27-28H,7-9H2,1-5H3/t14-,16+,23-/m0/s1. The van der Waals surface area contributed by atoms with Crippen molar-refractivity contribution in [3.05, 3.63) is 45.5 Å². The number of aromatic hydroxyl groups is 2. The zero-order valence-electron chi connectivity index (χ0n) is 17.2. The number of carbonyl (C=O) groups excluding carboxylic acids is 2. The molecule has 1 aliphatic carbocycles. The predicted molar refractivity (Wildman–Crippen MR) is 112 cm³/mol. The number of carbonyl (C=O) groups is 2. The molecule has 1 fully saturated rings. The molecule has 28 heavy (non-hydrogen) atoms. The van der Waals surface area contributed by atoms with Gasteiger partial charge in [-0.3, -0.25) is 9.59 Å². The van der Waals surface area contributed by atoms with Crippen molar-refractivity contribution >= 4 is 23.7 Å². The van der Waals surface area contributed by atoms with Crippen LogP contribution in [0.15, 0.2) is 23.8 Å². The van der Waals surface area contributed by atoms with Crippen molar-refractivity contribution in [2.24, 2.45) is 17.3 Å². The average Bonchev–Trinajstić information content (AvgIpc) is 2.66. The van der Waals surface area contributed by atoms with Gasteiger partial charge in [-0.05, 0) is 43.6 Å². The van der Waals surface area contributed by atoms with E-state index >= 15 is 0 Å². The van der Waals surface area contributed by atoms with Gasteiger partial charge < -0.3 is 10.2 Å². The molecule has 0 radical (unpaired) electrons. The van der Waals surface area contributed by atoms with E-state index in [1.807, 2.05) is 26.0 Å². The number of hydrogen-bond donors (Lipinski definition) is 2. The maximum absolute atomic E-state index is 12.2. The fourth-order valence-corrected chi connectivity index (χ4v) is 4.04. The molecule has 152 valence electrons. The highest BCUT2D eigenvalue weighted by Crippen LogP contribution is 2.45. The molecular formula is C23H29ClO4. The molecule has 0 bridgehead atoms. The van der Waals surface area contributed by atoms with Crippen LogP contribution in [-0.4, -0.2) is 22.3 Å². The van der Waals surface area contributed by atoms with Crippen LogP contribution in [0.2, 0.25) is 5.02 Å². The lowest BCUT2D eigenvalue weighted by Crippen LogP contribution is -2.40. The average molecular weight is 405 g/mol. The lowest BCUT2D eigenvalue weighted by Gasteiger charge is -2.42. The van der Waals surface area contributed by atoms with Crippen LogP contribution in [0, 0.1) is 24.2 Å². The van der Waals surface area contributed by atoms with Crippen LogP contribution in [0.25, 0.3) is 0 Å². The van der Waals surface area contributed by atoms with Gasteiger partial charge in [0.15, 0.2) is 6.29 Å². The lowest BCUT2D eigenvalue weighted by atomic mass is 9.61. The molecule has 1 aromatic carbocycles. The highest BCUT2D eigenvalue weighted by molar-refractivity contribution is 6.33. The van der Waals surface area contributed by atoms with E-state index in [0.717, 1.165) is 12.0 Å². The molecule has 1 aliphatic rings. The monoisotopic (exact) mass is 404 g/mol. The largest absolute Gasteiger partial charge is 0.507 e. The smallest absolute Gasteiger partial charge is 0.154 e. The highest BCUT2D eigenvalue weighted by atomic mass is 35.5. The topological polar surface area (TPSA) is 74.6 Å². The van der Waals surface area contributed by atoms with Gasteiger partial charge in [0.2, 0.25) is 0 Å². The van der Waals surface area contributed by atoms with Gasteiger partial charge in [0.1, 0.15) is 17.3 Å². The minimum Gasteiger partial charge on any atom is -0.507 e. The second-order valence-corrected chi connectivity index (χ2v) is 8.50. The van der Waals surface area contributed by atoms with Gasteiger partial charge in [-0.2, -0.15) is 0 Å². The molecular weight excluding hydrogens is 376 g/mol. The SMILES string of the molecule is CC(C=C[C@]1(C)[C@H](C)C(=O)CC[C@@H]1C)=CCc1c(O)c(Cl)c(C)c(C=O)c1O. The fraction of sp³-hybridized carbons (Fsp3) is 0.478. The maximum Gasteiger partial charge on any atom is 0.154 e. The third-order valence-corrected chi connectivity index (χ3v) is 6.98. The molecule has 0 aliphatic heterocycles. The first-order valence-corrected chi connectivity index (χ1v) is 9.99. The van der Waals surface area contributed by atoms with Crippen molar-refractivity contribution in [1.29, 1.82) is 0 Å². The first-order valence-electron chi connectivity index (χ1n) is 9.61. The number of halogens is 1. The highest BCUT2D eigenvalue weighted by Gasteiger charge is 2.41. The summed E-state index contributed by atoms with van der Waals surface area (Å²) in [7, 11) is 0. The quantitative estimate of drug-likeness (QED) is 0.497. The Kier molecular flexibility index (Phi) is 6.76. The van der Waals surface area contributed by atoms with Crippen LogP contribution < -0.4 is 0 Å². The summed E-state index contributed by atoms with van der Waals surface area (Å²) in [6.07, 6.45) is 8.25. The molecule has 0 aromatic heterocycles. The second kappa shape index (κ2) is 8.52. The van der Waals surface area contributed by atoms with Gasteiger partial charge in [-0.1, -0.05) is 56.2 Å². The number of hydrogen-bond acceptors (Lipinski definition) is 4. The van der Waals surface area contributed by atoms with Crippen LogP contribution in [0.1, 0.15) is 62.0 Å². The molecule has 4 nitrogen and oxygen atoms in total. The van der Waals surface area contributed by atoms with Gasteiger partial charge in [0, 0.05) is 17.9 Å². The van der Waals surface area contributed by atoms with Crippen LogP contribution in [-0.2, 0) is 11.2 Å². The van der Waals surface area contributed by atoms with E-state index in [9.17, 15) is 19.8 Å². The van der Waals surface area contributed by atoms with E-state index in [-0.39, 0.29) is 45.4 Å². The predicted octanol–water partition coefficient (Wildman–Crippen LogP) is 5.56. The zero-order valence-corrected chi connectivity index (χ0v) is 17.9. The van der Waals surface area contributed by atoms with E-state index in [2.05, 4.69) is 19.9 Å². The summed E-state index contributed by atoms with van der Waals surface area (Å²) in [5.74, 6) is 0.233. The number of phenols is 2. The number of allylic oxidation sites excluding steroid dienone is 4. The van der Waals surface area contributed by atoms with Gasteiger partial charge in [-0.15, -0.1) is 0 Å². The van der Waals surface area contributed by atoms with Crippen molar-refractivity contribution in [3.8, 4) is 11.5 Å². The molecule has 0 unspecified atom stereocenters. The van der Waals surface area contributed by atoms with Crippen LogP contribution in [0.4, 0.5) is 0 Å². The summed E-state index contributed by atoms with van der Waals surface area (Å²) in [6, 6.07) is 0. The Morgan fingerprint density at radius 2 is 1.93 bits per heavy atom. The minimum atomic E-state index is -0.241. The Bertz CT molecular complexity index is 853. The second-order valence-electron chi connectivity index (χ2n) is 8.13. The zero-order chi connectivity index (χ0) is 21.2. The van der Waals surface area contributed by atoms with Crippen molar-refractivity contribution in [2.45, 2.75) is 53.9 Å². The van der Waals surface area contributed by atoms with E-state index in [4.69, 9.17) is 11.6 Å². The van der Waals surface area contributed by atoms with E-state index < -0.39 is 0 Å². The van der Waals surface area contributed by atoms with Crippen LogP contribution in [0.3, 0.4) is 0 Å². The number of aldehydes is 1. The summed E-state index contributed by atoms with van der Waals surface area (Å²) in [5, 5.41) is 20.7. The number of phenolic OH excluding ortho intramolecular Hbond substituents is 2. The molecule has 3 atom stereocenters. The Morgan fingerprint density at radius 3 is 2.54 bits per heavy atom. The molecule has 2 N–H and O–H groups in total. The van der Waals surface area contributed by atoms with E-state index in [1.54, 1.807) is 6.92 Å². The minimum absolute atomic E-state index is 0.0283. The van der Waals surface area contributed by atoms with Crippen LogP contribution in [0.5, 0.6) is 11.5 Å². The number of Topliss-reactive ketones (excluding diaryl/α,β-unsaturated/α-hetero) is 1. The summed E-state index contributed by atoms with van der Waals surface area (Å²) in [6.45, 7) is 9.79. The molecule has 0 saturated heterocycles. The number of benzene rings is 1. The summed E-state index contributed by atoms with van der Waals surface area (Å²) in [5.41, 5.74) is 1.41. The van der Waals surface area contributed by atoms with Crippen molar-refractivity contribution in [2.75, 3.05) is 0 Å². The van der Waals surface area contributed by atoms with Crippen molar-refractivity contribution in [1.82, 2.24) is 0 Å². The normalized spacial score (nSPS) is 26.1. The lowest BCUT2D eigenvalue weighted by molar-refractivity contribution is -0.129. The Balaban J connectivity index is 2.28. The Morgan fingerprint density at radius 1 is 1.29 bits per heavy atom. The summed E-state index contributed by atoms with van der Waals surface area (Å²) in [4.78, 5) is 23.4. The molecule has 5 heteroatoms. The molecule has 0 amide bonds. The number of ketones is 1. The van der Waals surface area contributed by atoms with E-state index in [0.29, 0.717) is 30.0 Å². The van der Waals surface area contributed by atoms with Gasteiger partial charge in [0.05, 0.1) is 10.6 Å². The number of rotatable bonds is 5. The third-order valence-electron chi connectivity index (χ3n) is 6.52. The fourth-order valence-electron chi connectivity index (χ4n) is 3.83. The van der Waals surface area contributed by atoms with Gasteiger partial charge in [0.25, 0.3) is 0 Å². The van der Waals surface area contributed by atoms with Crippen LogP contribution >= 0.6 is 11.6 Å². The molecule has 1 aromatic rings. The summed E-state index contributed by atoms with van der Waals surface area (Å²) < 4.78 is 0. The van der Waals surface area contributed by atoms with Gasteiger partial charge in [-0.25, -0.2) is 0 Å². The molecule has 2 rings (SSSR count).